The third kappa shape index (κ3) is 3.61. The van der Waals surface area contributed by atoms with E-state index >= 15 is 0 Å². The first-order chi connectivity index (χ1) is 12.2. The molecule has 25 heavy (non-hydrogen) atoms. The van der Waals surface area contributed by atoms with Gasteiger partial charge in [-0.1, -0.05) is 6.07 Å². The molecule has 0 spiro atoms. The average molecular weight is 344 g/mol. The van der Waals surface area contributed by atoms with Crippen LogP contribution in [0.1, 0.15) is 50.5 Å². The van der Waals surface area contributed by atoms with E-state index in [0.717, 1.165) is 56.8 Å². The minimum absolute atomic E-state index is 0.314. The molecular formula is C20H28N2O3. The maximum Gasteiger partial charge on any atom is 0.236 e. The summed E-state index contributed by atoms with van der Waals surface area (Å²) in [4.78, 5) is 17.0. The lowest BCUT2D eigenvalue weighted by atomic mass is 9.89. The smallest absolute Gasteiger partial charge is 0.236 e. The molecule has 1 aromatic rings. The summed E-state index contributed by atoms with van der Waals surface area (Å²) in [5.41, 5.74) is 1.33. The summed E-state index contributed by atoms with van der Waals surface area (Å²) >= 11 is 0. The highest BCUT2D eigenvalue weighted by atomic mass is 16.7. The number of carbonyl (C=O) groups excluding carboxylic acids is 1. The maximum absolute atomic E-state index is 12.6. The number of carbonyl (C=O) groups is 1. The van der Waals surface area contributed by atoms with Crippen LogP contribution in [0.4, 0.5) is 0 Å². The molecule has 1 amide bonds. The monoisotopic (exact) mass is 344 g/mol. The number of amides is 1. The van der Waals surface area contributed by atoms with Crippen LogP contribution < -0.4 is 9.47 Å². The first-order valence-electron chi connectivity index (χ1n) is 9.62. The highest BCUT2D eigenvalue weighted by molar-refractivity contribution is 5.78. The lowest BCUT2D eigenvalue weighted by molar-refractivity contribution is -0.135. The molecule has 5 heteroatoms. The quantitative estimate of drug-likeness (QED) is 0.845. The largest absolute Gasteiger partial charge is 0.454 e. The van der Waals surface area contributed by atoms with E-state index in [1.165, 1.54) is 12.0 Å². The molecule has 0 radical (unpaired) electrons. The number of ether oxygens (including phenoxy) is 2. The van der Waals surface area contributed by atoms with Crippen LogP contribution in [0, 0.1) is 0 Å². The van der Waals surface area contributed by atoms with Gasteiger partial charge in [0.15, 0.2) is 11.5 Å². The van der Waals surface area contributed by atoms with Gasteiger partial charge in [0.1, 0.15) is 0 Å². The minimum atomic E-state index is 0.314. The van der Waals surface area contributed by atoms with Crippen molar-refractivity contribution < 1.29 is 14.3 Å². The van der Waals surface area contributed by atoms with Crippen molar-refractivity contribution in [2.45, 2.75) is 51.0 Å². The van der Waals surface area contributed by atoms with Gasteiger partial charge in [0.2, 0.25) is 12.7 Å². The Bertz CT molecular complexity index is 625. The Kier molecular flexibility index (Phi) is 4.84. The van der Waals surface area contributed by atoms with E-state index < -0.39 is 0 Å². The van der Waals surface area contributed by atoms with Crippen molar-refractivity contribution in [3.63, 3.8) is 0 Å². The Morgan fingerprint density at radius 1 is 1.08 bits per heavy atom. The second-order valence-corrected chi connectivity index (χ2v) is 7.60. The fourth-order valence-corrected chi connectivity index (χ4v) is 4.34. The zero-order valence-electron chi connectivity index (χ0n) is 15.1. The molecule has 3 heterocycles. The van der Waals surface area contributed by atoms with Crippen molar-refractivity contribution in [1.29, 1.82) is 0 Å². The number of fused-ring (bicyclic) bond motifs is 1. The summed E-state index contributed by atoms with van der Waals surface area (Å²) < 4.78 is 10.9. The Morgan fingerprint density at radius 2 is 1.88 bits per heavy atom. The van der Waals surface area contributed by atoms with Crippen molar-refractivity contribution in [1.82, 2.24) is 9.80 Å². The van der Waals surface area contributed by atoms with Crippen molar-refractivity contribution >= 4 is 5.91 Å². The minimum Gasteiger partial charge on any atom is -0.454 e. The topological polar surface area (TPSA) is 42.0 Å². The van der Waals surface area contributed by atoms with Gasteiger partial charge in [-0.25, -0.2) is 0 Å². The second kappa shape index (κ2) is 7.24. The Morgan fingerprint density at radius 3 is 2.68 bits per heavy atom. The molecule has 136 valence electrons. The van der Waals surface area contributed by atoms with Gasteiger partial charge >= 0.3 is 0 Å². The predicted molar refractivity (Wildman–Crippen MR) is 96.0 cm³/mol. The van der Waals surface area contributed by atoms with Crippen molar-refractivity contribution in [2.75, 3.05) is 33.0 Å². The highest BCUT2D eigenvalue weighted by Gasteiger charge is 2.27. The van der Waals surface area contributed by atoms with E-state index in [0.29, 0.717) is 31.2 Å². The zero-order chi connectivity index (χ0) is 17.2. The van der Waals surface area contributed by atoms with Crippen molar-refractivity contribution in [2.24, 2.45) is 0 Å². The van der Waals surface area contributed by atoms with Crippen LogP contribution >= 0.6 is 0 Å². The number of rotatable bonds is 3. The molecule has 0 aliphatic carbocycles. The standard InChI is InChI=1S/C20H28N2O3/c1-15-4-2-3-9-22(15)20(23)13-21-10-7-16(8-11-21)17-5-6-18-19(12-17)25-14-24-18/h5-6,12,15-16H,2-4,7-11,13-14H2,1H3/t15-/m0/s1. The summed E-state index contributed by atoms with van der Waals surface area (Å²) in [6.45, 7) is 6.02. The van der Waals surface area contributed by atoms with Gasteiger partial charge < -0.3 is 14.4 Å². The molecule has 0 unspecified atom stereocenters. The Labute approximate surface area is 149 Å². The van der Waals surface area contributed by atoms with Gasteiger partial charge in [-0.3, -0.25) is 9.69 Å². The second-order valence-electron chi connectivity index (χ2n) is 7.60. The average Bonchev–Trinajstić information content (AvgIpc) is 3.10. The first kappa shape index (κ1) is 16.7. The third-order valence-electron chi connectivity index (χ3n) is 5.94. The number of hydrogen-bond acceptors (Lipinski definition) is 4. The molecule has 2 fully saturated rings. The SMILES string of the molecule is C[C@H]1CCCCN1C(=O)CN1CCC(c2ccc3c(c2)OCO3)CC1. The summed E-state index contributed by atoms with van der Waals surface area (Å²) in [6, 6.07) is 6.72. The van der Waals surface area contributed by atoms with E-state index in [9.17, 15) is 4.79 Å². The van der Waals surface area contributed by atoms with E-state index in [1.807, 2.05) is 6.07 Å². The molecule has 1 aromatic carbocycles. The summed E-state index contributed by atoms with van der Waals surface area (Å²) in [5.74, 6) is 2.58. The van der Waals surface area contributed by atoms with Gasteiger partial charge in [0, 0.05) is 12.6 Å². The number of hydrogen-bond donors (Lipinski definition) is 0. The van der Waals surface area contributed by atoms with Crippen LogP contribution in [0.25, 0.3) is 0 Å². The lowest BCUT2D eigenvalue weighted by Gasteiger charge is -2.37. The lowest BCUT2D eigenvalue weighted by Crippen LogP contribution is -2.48. The molecule has 5 nitrogen and oxygen atoms in total. The fraction of sp³-hybridized carbons (Fsp3) is 0.650. The number of benzene rings is 1. The first-order valence-corrected chi connectivity index (χ1v) is 9.62. The number of piperidine rings is 2. The summed E-state index contributed by atoms with van der Waals surface area (Å²) in [7, 11) is 0. The summed E-state index contributed by atoms with van der Waals surface area (Å²) in [5, 5.41) is 0. The number of nitrogens with zero attached hydrogens (tertiary/aromatic N) is 2. The van der Waals surface area contributed by atoms with Crippen LogP contribution in [-0.4, -0.2) is 54.7 Å². The number of likely N-dealkylation sites (tertiary alicyclic amines) is 2. The fourth-order valence-electron chi connectivity index (χ4n) is 4.34. The van der Waals surface area contributed by atoms with Crippen LogP contribution in [-0.2, 0) is 4.79 Å². The maximum atomic E-state index is 12.6. The van der Waals surface area contributed by atoms with Gasteiger partial charge in [-0.05, 0) is 75.7 Å². The van der Waals surface area contributed by atoms with E-state index in [2.05, 4.69) is 28.9 Å². The molecule has 0 N–H and O–H groups in total. The molecule has 2 saturated heterocycles. The zero-order valence-corrected chi connectivity index (χ0v) is 15.1. The molecule has 1 atom stereocenters. The Hall–Kier alpha value is -1.75. The van der Waals surface area contributed by atoms with Crippen LogP contribution in [0.15, 0.2) is 18.2 Å². The Balaban J connectivity index is 1.30. The van der Waals surface area contributed by atoms with Gasteiger partial charge in [-0.15, -0.1) is 0 Å². The van der Waals surface area contributed by atoms with Gasteiger partial charge in [0.05, 0.1) is 6.54 Å². The molecule has 0 saturated carbocycles. The third-order valence-corrected chi connectivity index (χ3v) is 5.94. The molecular weight excluding hydrogens is 316 g/mol. The predicted octanol–water partition coefficient (Wildman–Crippen LogP) is 3.00. The highest BCUT2D eigenvalue weighted by Crippen LogP contribution is 2.37. The molecule has 3 aliphatic heterocycles. The van der Waals surface area contributed by atoms with Gasteiger partial charge in [0.25, 0.3) is 0 Å². The molecule has 4 rings (SSSR count). The van der Waals surface area contributed by atoms with E-state index in [4.69, 9.17) is 9.47 Å². The van der Waals surface area contributed by atoms with Crippen LogP contribution in [0.5, 0.6) is 11.5 Å². The molecule has 3 aliphatic rings. The van der Waals surface area contributed by atoms with Crippen molar-refractivity contribution in [3.8, 4) is 11.5 Å². The summed E-state index contributed by atoms with van der Waals surface area (Å²) in [6.07, 6.45) is 5.76. The molecule has 0 bridgehead atoms. The van der Waals surface area contributed by atoms with Crippen LogP contribution in [0.3, 0.4) is 0 Å². The van der Waals surface area contributed by atoms with E-state index in [1.54, 1.807) is 0 Å². The van der Waals surface area contributed by atoms with Crippen LogP contribution in [0.2, 0.25) is 0 Å². The van der Waals surface area contributed by atoms with Gasteiger partial charge in [-0.2, -0.15) is 0 Å². The van der Waals surface area contributed by atoms with Crippen molar-refractivity contribution in [3.05, 3.63) is 23.8 Å². The normalized spacial score (nSPS) is 24.5. The molecule has 0 aromatic heterocycles. The van der Waals surface area contributed by atoms with E-state index in [-0.39, 0.29) is 0 Å².